The zero-order valence-corrected chi connectivity index (χ0v) is 12.1. The van der Waals surface area contributed by atoms with Gasteiger partial charge in [0.1, 0.15) is 5.75 Å². The van der Waals surface area contributed by atoms with E-state index in [0.717, 1.165) is 6.42 Å². The fourth-order valence-electron chi connectivity index (χ4n) is 1.92. The van der Waals surface area contributed by atoms with Crippen LogP contribution in [0.5, 0.6) is 5.75 Å². The van der Waals surface area contributed by atoms with Gasteiger partial charge in [-0.2, -0.15) is 13.3 Å². The molecule has 2 aromatic rings. The van der Waals surface area contributed by atoms with Crippen molar-refractivity contribution in [3.8, 4) is 5.75 Å². The van der Waals surface area contributed by atoms with Crippen molar-refractivity contribution < 1.29 is 22.9 Å². The Kier molecular flexibility index (Phi) is 5.41. The van der Waals surface area contributed by atoms with Crippen LogP contribution in [0.4, 0.5) is 14.5 Å². The summed E-state index contributed by atoms with van der Waals surface area (Å²) in [6.07, 6.45) is 4.63. The first-order chi connectivity index (χ1) is 10.6. The summed E-state index contributed by atoms with van der Waals surface area (Å²) < 4.78 is 30.1. The molecule has 0 fully saturated rings. The molecule has 0 aliphatic rings. The molecule has 0 atom stereocenters. The first kappa shape index (κ1) is 15.9. The fourth-order valence-corrected chi connectivity index (χ4v) is 1.92. The molecule has 0 aliphatic carbocycles. The van der Waals surface area contributed by atoms with Crippen molar-refractivity contribution in [2.75, 3.05) is 5.32 Å². The van der Waals surface area contributed by atoms with Crippen LogP contribution >= 0.6 is 0 Å². The molecule has 1 heterocycles. The van der Waals surface area contributed by atoms with E-state index in [1.807, 2.05) is 24.5 Å². The summed E-state index contributed by atoms with van der Waals surface area (Å²) >= 11 is 0. The van der Waals surface area contributed by atoms with Gasteiger partial charge < -0.3 is 10.1 Å². The highest BCUT2D eigenvalue weighted by Gasteiger charge is 2.10. The molecule has 0 saturated heterocycles. The number of ether oxygens (including phenoxy) is 1. The van der Waals surface area contributed by atoms with E-state index in [0.29, 0.717) is 5.69 Å². The summed E-state index contributed by atoms with van der Waals surface area (Å²) in [5.41, 5.74) is 1.73. The van der Waals surface area contributed by atoms with E-state index in [1.54, 1.807) is 4.57 Å². The van der Waals surface area contributed by atoms with Crippen molar-refractivity contribution in [2.45, 2.75) is 26.5 Å². The molecule has 116 valence electrons. The molecule has 0 radical (unpaired) electrons. The second-order valence-corrected chi connectivity index (χ2v) is 4.68. The van der Waals surface area contributed by atoms with Crippen molar-refractivity contribution in [3.05, 3.63) is 54.4 Å². The summed E-state index contributed by atoms with van der Waals surface area (Å²) in [7, 11) is 0. The Morgan fingerprint density at radius 2 is 1.82 bits per heavy atom. The molecule has 1 amide bonds. The van der Waals surface area contributed by atoms with E-state index in [2.05, 4.69) is 17.0 Å². The summed E-state index contributed by atoms with van der Waals surface area (Å²) in [6.45, 7) is -0.615. The lowest BCUT2D eigenvalue weighted by atomic mass is 10.2. The smallest absolute Gasteiger partial charge is 0.387 e. The second-order valence-electron chi connectivity index (χ2n) is 4.68. The molecule has 6 heteroatoms. The highest BCUT2D eigenvalue weighted by atomic mass is 19.3. The van der Waals surface area contributed by atoms with Crippen LogP contribution in [0, 0.1) is 0 Å². The van der Waals surface area contributed by atoms with Crippen LogP contribution in [-0.4, -0.2) is 12.5 Å². The number of nitrogens with zero attached hydrogens (tertiary/aromatic N) is 1. The fraction of sp³-hybridized carbons (Fsp3) is 0.250. The topological polar surface area (TPSA) is 42.2 Å². The maximum atomic E-state index is 12.0. The molecule has 1 aromatic carbocycles. The lowest BCUT2D eigenvalue weighted by molar-refractivity contribution is -0.684. The predicted octanol–water partition coefficient (Wildman–Crippen LogP) is 2.78. The average Bonchev–Trinajstić information content (AvgIpc) is 2.49. The van der Waals surface area contributed by atoms with Crippen LogP contribution in [0.2, 0.25) is 0 Å². The van der Waals surface area contributed by atoms with Gasteiger partial charge >= 0.3 is 6.61 Å². The average molecular weight is 307 g/mol. The standard InChI is InChI=1S/C16H16F2N2O2/c1-2-12-7-9-20(10-8-12)11-15(21)19-13-3-5-14(6-4-13)22-16(17)18/h3-10,16H,2,11H2,1H3/p+1. The Bertz CT molecular complexity index is 613. The number of amides is 1. The number of alkyl halides is 2. The third-order valence-electron chi connectivity index (χ3n) is 3.06. The number of pyridine rings is 1. The SMILES string of the molecule is CCc1cc[n+](CC(=O)Nc2ccc(OC(F)F)cc2)cc1. The number of rotatable bonds is 6. The molecule has 22 heavy (non-hydrogen) atoms. The maximum absolute atomic E-state index is 12.0. The Balaban J connectivity index is 1.90. The third-order valence-corrected chi connectivity index (χ3v) is 3.06. The highest BCUT2D eigenvalue weighted by Crippen LogP contribution is 2.17. The van der Waals surface area contributed by atoms with E-state index < -0.39 is 6.61 Å². The van der Waals surface area contributed by atoms with Crippen LogP contribution in [0.3, 0.4) is 0 Å². The number of benzene rings is 1. The number of carbonyl (C=O) groups excluding carboxylic acids is 1. The van der Waals surface area contributed by atoms with E-state index >= 15 is 0 Å². The van der Waals surface area contributed by atoms with Crippen LogP contribution in [-0.2, 0) is 17.8 Å². The molecule has 4 nitrogen and oxygen atoms in total. The predicted molar refractivity (Wildman–Crippen MR) is 77.7 cm³/mol. The Hall–Kier alpha value is -2.50. The van der Waals surface area contributed by atoms with Gasteiger partial charge in [-0.15, -0.1) is 0 Å². The number of aryl methyl sites for hydroxylation is 1. The van der Waals surface area contributed by atoms with Gasteiger partial charge in [0, 0.05) is 17.8 Å². The monoisotopic (exact) mass is 307 g/mol. The van der Waals surface area contributed by atoms with Crippen LogP contribution < -0.4 is 14.6 Å². The van der Waals surface area contributed by atoms with Gasteiger partial charge in [0.25, 0.3) is 5.91 Å². The van der Waals surface area contributed by atoms with E-state index in [-0.39, 0.29) is 18.2 Å². The highest BCUT2D eigenvalue weighted by molar-refractivity contribution is 5.89. The van der Waals surface area contributed by atoms with Gasteiger partial charge in [-0.1, -0.05) is 6.92 Å². The quantitative estimate of drug-likeness (QED) is 0.834. The number of carbonyl (C=O) groups is 1. The molecule has 0 saturated carbocycles. The molecular weight excluding hydrogens is 290 g/mol. The molecule has 0 bridgehead atoms. The Morgan fingerprint density at radius 3 is 2.36 bits per heavy atom. The number of nitrogens with one attached hydrogen (secondary N) is 1. The zero-order chi connectivity index (χ0) is 15.9. The van der Waals surface area contributed by atoms with Crippen LogP contribution in [0.25, 0.3) is 0 Å². The van der Waals surface area contributed by atoms with Gasteiger partial charge in [0.2, 0.25) is 6.54 Å². The van der Waals surface area contributed by atoms with Crippen molar-refractivity contribution >= 4 is 11.6 Å². The second kappa shape index (κ2) is 7.49. The van der Waals surface area contributed by atoms with E-state index in [1.165, 1.54) is 29.8 Å². The lowest BCUT2D eigenvalue weighted by Crippen LogP contribution is -2.39. The van der Waals surface area contributed by atoms with Gasteiger partial charge in [-0.25, -0.2) is 0 Å². The molecule has 1 aromatic heterocycles. The molecule has 0 unspecified atom stereocenters. The molecule has 2 rings (SSSR count). The zero-order valence-electron chi connectivity index (χ0n) is 12.1. The van der Waals surface area contributed by atoms with Crippen molar-refractivity contribution in [1.29, 1.82) is 0 Å². The number of halogens is 2. The third kappa shape index (κ3) is 4.80. The van der Waals surface area contributed by atoms with Gasteiger partial charge in [-0.3, -0.25) is 4.79 Å². The number of hydrogen-bond donors (Lipinski definition) is 1. The molecule has 1 N–H and O–H groups in total. The molecule has 0 spiro atoms. The number of aromatic nitrogens is 1. The van der Waals surface area contributed by atoms with E-state index in [9.17, 15) is 13.6 Å². The summed E-state index contributed by atoms with van der Waals surface area (Å²) in [4.78, 5) is 11.9. The number of anilines is 1. The Morgan fingerprint density at radius 1 is 1.18 bits per heavy atom. The first-order valence-electron chi connectivity index (χ1n) is 6.89. The Labute approximate surface area is 127 Å². The lowest BCUT2D eigenvalue weighted by Gasteiger charge is -2.06. The van der Waals surface area contributed by atoms with E-state index in [4.69, 9.17) is 0 Å². The largest absolute Gasteiger partial charge is 0.435 e. The minimum atomic E-state index is -2.86. The van der Waals surface area contributed by atoms with Crippen molar-refractivity contribution in [1.82, 2.24) is 0 Å². The minimum Gasteiger partial charge on any atom is -0.435 e. The van der Waals surface area contributed by atoms with Crippen molar-refractivity contribution in [2.24, 2.45) is 0 Å². The number of hydrogen-bond acceptors (Lipinski definition) is 2. The normalized spacial score (nSPS) is 10.5. The summed E-state index contributed by atoms with van der Waals surface area (Å²) in [5.74, 6) is -0.144. The van der Waals surface area contributed by atoms with Crippen molar-refractivity contribution in [3.63, 3.8) is 0 Å². The molecule has 0 aliphatic heterocycles. The van der Waals surface area contributed by atoms with Crippen LogP contribution in [0.15, 0.2) is 48.8 Å². The molecular formula is C16H17F2N2O2+. The first-order valence-corrected chi connectivity index (χ1v) is 6.89. The maximum Gasteiger partial charge on any atom is 0.387 e. The van der Waals surface area contributed by atoms with Gasteiger partial charge in [0.05, 0.1) is 0 Å². The minimum absolute atomic E-state index is 0.0533. The van der Waals surface area contributed by atoms with Gasteiger partial charge in [0.15, 0.2) is 12.4 Å². The summed E-state index contributed by atoms with van der Waals surface area (Å²) in [5, 5.41) is 2.70. The van der Waals surface area contributed by atoms with Gasteiger partial charge in [-0.05, 0) is 36.2 Å². The van der Waals surface area contributed by atoms with Crippen LogP contribution in [0.1, 0.15) is 12.5 Å². The summed E-state index contributed by atoms with van der Waals surface area (Å²) in [6, 6.07) is 9.71.